The van der Waals surface area contributed by atoms with E-state index in [0.29, 0.717) is 13.2 Å². The van der Waals surface area contributed by atoms with Crippen LogP contribution in [0.25, 0.3) is 0 Å². The van der Waals surface area contributed by atoms with E-state index < -0.39 is 6.41 Å². The Labute approximate surface area is 86.7 Å². The summed E-state index contributed by atoms with van der Waals surface area (Å²) < 4.78 is 10.5. The molecular formula is C9H23N3O2. The Kier molecular flexibility index (Phi) is 8.02. The van der Waals surface area contributed by atoms with Crippen molar-refractivity contribution in [3.8, 4) is 0 Å². The Morgan fingerprint density at radius 1 is 0.929 bits per heavy atom. The van der Waals surface area contributed by atoms with Gasteiger partial charge in [0.25, 0.3) is 0 Å². The van der Waals surface area contributed by atoms with E-state index >= 15 is 0 Å². The molecule has 0 saturated carbocycles. The van der Waals surface area contributed by atoms with Crippen molar-refractivity contribution >= 4 is 0 Å². The van der Waals surface area contributed by atoms with Crippen LogP contribution in [0.2, 0.25) is 0 Å². The van der Waals surface area contributed by atoms with Gasteiger partial charge >= 0.3 is 0 Å². The summed E-state index contributed by atoms with van der Waals surface area (Å²) in [5.41, 5.74) is 5.56. The molecule has 0 aromatic rings. The van der Waals surface area contributed by atoms with Gasteiger partial charge in [0.15, 0.2) is 0 Å². The van der Waals surface area contributed by atoms with E-state index in [2.05, 4.69) is 0 Å². The lowest BCUT2D eigenvalue weighted by Gasteiger charge is -2.17. The molecule has 0 radical (unpaired) electrons. The number of nitrogens with zero attached hydrogens (tertiary/aromatic N) is 2. The quantitative estimate of drug-likeness (QED) is 0.536. The summed E-state index contributed by atoms with van der Waals surface area (Å²) in [7, 11) is 7.95. The van der Waals surface area contributed by atoms with Crippen LogP contribution in [0.5, 0.6) is 0 Å². The molecule has 0 spiro atoms. The highest BCUT2D eigenvalue weighted by atomic mass is 16.7. The standard InChI is InChI=1S/C9H23N3O2/c1-11(2)5-7-13-9(10)14-8-6-12(3)4/h9H,5-8,10H2,1-4H3. The van der Waals surface area contributed by atoms with Crippen molar-refractivity contribution in [1.82, 2.24) is 9.80 Å². The number of nitrogens with two attached hydrogens (primary N) is 1. The zero-order chi connectivity index (χ0) is 11.0. The molecule has 0 aromatic heterocycles. The maximum Gasteiger partial charge on any atom is 0.213 e. The van der Waals surface area contributed by atoms with E-state index in [9.17, 15) is 0 Å². The van der Waals surface area contributed by atoms with Crippen molar-refractivity contribution in [1.29, 1.82) is 0 Å². The average molecular weight is 205 g/mol. The summed E-state index contributed by atoms with van der Waals surface area (Å²) in [6.45, 7) is 2.89. The predicted molar refractivity (Wildman–Crippen MR) is 57.0 cm³/mol. The van der Waals surface area contributed by atoms with Crippen LogP contribution < -0.4 is 5.73 Å². The van der Waals surface area contributed by atoms with E-state index in [0.717, 1.165) is 13.1 Å². The van der Waals surface area contributed by atoms with Gasteiger partial charge in [0.2, 0.25) is 6.41 Å². The van der Waals surface area contributed by atoms with Crippen LogP contribution in [0.4, 0.5) is 0 Å². The summed E-state index contributed by atoms with van der Waals surface area (Å²) >= 11 is 0. The fourth-order valence-corrected chi connectivity index (χ4v) is 0.751. The molecule has 0 aliphatic heterocycles. The fraction of sp³-hybridized carbons (Fsp3) is 1.00. The molecular weight excluding hydrogens is 182 g/mol. The molecule has 2 N–H and O–H groups in total. The molecule has 0 bridgehead atoms. The van der Waals surface area contributed by atoms with Gasteiger partial charge in [0.1, 0.15) is 0 Å². The van der Waals surface area contributed by atoms with Crippen LogP contribution in [0.15, 0.2) is 0 Å². The highest BCUT2D eigenvalue weighted by molar-refractivity contribution is 4.42. The van der Waals surface area contributed by atoms with E-state index in [4.69, 9.17) is 15.2 Å². The maximum atomic E-state index is 5.56. The van der Waals surface area contributed by atoms with Gasteiger partial charge in [0, 0.05) is 13.1 Å². The lowest BCUT2D eigenvalue weighted by molar-refractivity contribution is -0.141. The first kappa shape index (κ1) is 13.8. The van der Waals surface area contributed by atoms with Crippen molar-refractivity contribution in [2.45, 2.75) is 6.41 Å². The van der Waals surface area contributed by atoms with Crippen LogP contribution in [-0.4, -0.2) is 70.7 Å². The Balaban J connectivity index is 3.23. The molecule has 0 atom stereocenters. The topological polar surface area (TPSA) is 51.0 Å². The van der Waals surface area contributed by atoms with Crippen LogP contribution >= 0.6 is 0 Å². The first-order valence-corrected chi connectivity index (χ1v) is 4.80. The minimum absolute atomic E-state index is 0.593. The van der Waals surface area contributed by atoms with Gasteiger partial charge < -0.3 is 19.3 Å². The first-order chi connectivity index (χ1) is 6.52. The Bertz CT molecular complexity index is 117. The van der Waals surface area contributed by atoms with Crippen molar-refractivity contribution in [3.63, 3.8) is 0 Å². The minimum atomic E-state index is -0.602. The third-order valence-electron chi connectivity index (χ3n) is 1.64. The largest absolute Gasteiger partial charge is 0.339 e. The normalized spacial score (nSPS) is 12.0. The van der Waals surface area contributed by atoms with Gasteiger partial charge in [0.05, 0.1) is 13.2 Å². The molecule has 0 unspecified atom stereocenters. The molecule has 0 aliphatic rings. The second-order valence-corrected chi connectivity index (χ2v) is 3.72. The molecule has 0 amide bonds. The summed E-state index contributed by atoms with van der Waals surface area (Å²) in [6.07, 6.45) is -0.602. The van der Waals surface area contributed by atoms with Crippen molar-refractivity contribution in [2.75, 3.05) is 54.5 Å². The Morgan fingerprint density at radius 2 is 1.29 bits per heavy atom. The number of hydrogen-bond donors (Lipinski definition) is 1. The van der Waals surface area contributed by atoms with Crippen LogP contribution in [-0.2, 0) is 9.47 Å². The molecule has 0 saturated heterocycles. The van der Waals surface area contributed by atoms with E-state index in [-0.39, 0.29) is 0 Å². The highest BCUT2D eigenvalue weighted by Gasteiger charge is 2.02. The molecule has 0 aliphatic carbocycles. The zero-order valence-electron chi connectivity index (χ0n) is 9.69. The molecule has 0 fully saturated rings. The highest BCUT2D eigenvalue weighted by Crippen LogP contribution is 1.88. The second kappa shape index (κ2) is 8.14. The number of likely N-dealkylation sites (N-methyl/N-ethyl adjacent to an activating group) is 2. The fourth-order valence-electron chi connectivity index (χ4n) is 0.751. The van der Waals surface area contributed by atoms with Gasteiger partial charge in [-0.25, -0.2) is 0 Å². The molecule has 0 heterocycles. The van der Waals surface area contributed by atoms with Gasteiger partial charge in [-0.3, -0.25) is 5.73 Å². The van der Waals surface area contributed by atoms with Crippen molar-refractivity contribution in [2.24, 2.45) is 5.73 Å². The van der Waals surface area contributed by atoms with Crippen LogP contribution in [0.3, 0.4) is 0 Å². The van der Waals surface area contributed by atoms with Crippen molar-refractivity contribution < 1.29 is 9.47 Å². The summed E-state index contributed by atoms with van der Waals surface area (Å²) in [4.78, 5) is 4.07. The molecule has 5 heteroatoms. The van der Waals surface area contributed by atoms with Gasteiger partial charge in [-0.05, 0) is 28.2 Å². The molecule has 86 valence electrons. The van der Waals surface area contributed by atoms with E-state index in [1.165, 1.54) is 0 Å². The number of rotatable bonds is 8. The summed E-state index contributed by atoms with van der Waals surface area (Å²) in [6, 6.07) is 0. The van der Waals surface area contributed by atoms with Gasteiger partial charge in [-0.2, -0.15) is 0 Å². The summed E-state index contributed by atoms with van der Waals surface area (Å²) in [5, 5.41) is 0. The minimum Gasteiger partial charge on any atom is -0.339 e. The Hall–Kier alpha value is -0.200. The third kappa shape index (κ3) is 9.88. The molecule has 14 heavy (non-hydrogen) atoms. The second-order valence-electron chi connectivity index (χ2n) is 3.72. The average Bonchev–Trinajstić information content (AvgIpc) is 2.02. The van der Waals surface area contributed by atoms with E-state index in [1.807, 2.05) is 38.0 Å². The summed E-state index contributed by atoms with van der Waals surface area (Å²) in [5.74, 6) is 0. The lowest BCUT2D eigenvalue weighted by Crippen LogP contribution is -2.32. The predicted octanol–water partition coefficient (Wildman–Crippen LogP) is -0.615. The van der Waals surface area contributed by atoms with E-state index in [1.54, 1.807) is 0 Å². The van der Waals surface area contributed by atoms with Crippen molar-refractivity contribution in [3.05, 3.63) is 0 Å². The molecule has 5 nitrogen and oxygen atoms in total. The zero-order valence-corrected chi connectivity index (χ0v) is 9.69. The monoisotopic (exact) mass is 205 g/mol. The smallest absolute Gasteiger partial charge is 0.213 e. The van der Waals surface area contributed by atoms with Crippen LogP contribution in [0, 0.1) is 0 Å². The maximum absolute atomic E-state index is 5.56. The Morgan fingerprint density at radius 3 is 1.57 bits per heavy atom. The van der Waals surface area contributed by atoms with Gasteiger partial charge in [-0.15, -0.1) is 0 Å². The first-order valence-electron chi connectivity index (χ1n) is 4.80. The number of hydrogen-bond acceptors (Lipinski definition) is 5. The van der Waals surface area contributed by atoms with Crippen LogP contribution in [0.1, 0.15) is 0 Å². The molecule has 0 aromatic carbocycles. The lowest BCUT2D eigenvalue weighted by atomic mass is 10.6. The SMILES string of the molecule is CN(C)CCOC(N)OCCN(C)C. The van der Waals surface area contributed by atoms with Gasteiger partial charge in [-0.1, -0.05) is 0 Å². The number of ether oxygens (including phenoxy) is 2. The molecule has 0 rings (SSSR count). The third-order valence-corrected chi connectivity index (χ3v) is 1.64.